The molecule has 0 bridgehead atoms. The van der Waals surface area contributed by atoms with Crippen molar-refractivity contribution in [1.29, 1.82) is 0 Å². The first-order valence-electron chi connectivity index (χ1n) is 6.67. The summed E-state index contributed by atoms with van der Waals surface area (Å²) >= 11 is -0.376. The van der Waals surface area contributed by atoms with E-state index >= 15 is 0 Å². The molecule has 110 valence electrons. The number of allylic oxidation sites excluding steroid dienone is 1. The molecule has 0 aliphatic rings. The van der Waals surface area contributed by atoms with Crippen molar-refractivity contribution in [2.75, 3.05) is 24.3 Å². The van der Waals surface area contributed by atoms with Crippen LogP contribution in [0.2, 0.25) is 0 Å². The molecule has 0 radical (unpaired) electrons. The van der Waals surface area contributed by atoms with E-state index < -0.39 is 6.17 Å². The van der Waals surface area contributed by atoms with Crippen molar-refractivity contribution in [3.63, 3.8) is 0 Å². The predicted octanol–water partition coefficient (Wildman–Crippen LogP) is 0.781. The minimum absolute atomic E-state index is 0.0525. The van der Waals surface area contributed by atoms with Crippen molar-refractivity contribution in [3.8, 4) is 0 Å². The molecular weight excluding hydrogens is 349 g/mol. The number of hydrogen-bond acceptors (Lipinski definition) is 1. The molecule has 18 heavy (non-hydrogen) atoms. The molecule has 0 fully saturated rings. The fourth-order valence-electron chi connectivity index (χ4n) is 1.63. The first kappa shape index (κ1) is 18.3. The average Bonchev–Trinajstić information content (AvgIpc) is 2.40. The third kappa shape index (κ3) is 8.40. The Hall–Kier alpha value is 0.290. The third-order valence-corrected chi connectivity index (χ3v) is 6.54. The van der Waals surface area contributed by atoms with Gasteiger partial charge in [0.05, 0.1) is 0 Å². The zero-order valence-corrected chi connectivity index (χ0v) is 13.7. The Labute approximate surface area is 121 Å². The van der Waals surface area contributed by atoms with Crippen LogP contribution in [0.5, 0.6) is 0 Å². The summed E-state index contributed by atoms with van der Waals surface area (Å²) in [6, 6.07) is 0. The second kappa shape index (κ2) is 12.3. The zero-order valence-electron chi connectivity index (χ0n) is 11.5. The van der Waals surface area contributed by atoms with Crippen LogP contribution in [0.4, 0.5) is 8.78 Å². The molecule has 0 rings (SSSR count). The second-order valence-corrected chi connectivity index (χ2v) is 7.72. The van der Waals surface area contributed by atoms with E-state index in [9.17, 15) is 8.78 Å². The van der Waals surface area contributed by atoms with Gasteiger partial charge in [0.25, 0.3) is 0 Å². The van der Waals surface area contributed by atoms with Crippen LogP contribution < -0.4 is 21.2 Å². The molecule has 0 aromatic rings. The van der Waals surface area contributed by atoms with Gasteiger partial charge in [-0.15, -0.1) is 0 Å². The van der Waals surface area contributed by atoms with Gasteiger partial charge >= 0.3 is 121 Å². The van der Waals surface area contributed by atoms with Gasteiger partial charge in [-0.2, -0.15) is 0 Å². The summed E-state index contributed by atoms with van der Waals surface area (Å²) in [5.74, 6) is 0.0525. The molecule has 0 aromatic carbocycles. The van der Waals surface area contributed by atoms with Gasteiger partial charge in [0.15, 0.2) is 0 Å². The quantitative estimate of drug-likeness (QED) is 0.212. The Kier molecular flexibility index (Phi) is 12.5. The first-order valence-corrected chi connectivity index (χ1v) is 9.44. The fraction of sp³-hybridized carbons (Fsp3) is 0.857. The Morgan fingerprint density at radius 1 is 1.33 bits per heavy atom. The summed E-state index contributed by atoms with van der Waals surface area (Å²) in [5, 5.41) is 0. The van der Waals surface area contributed by atoms with Gasteiger partial charge in [-0.25, -0.2) is 0 Å². The van der Waals surface area contributed by atoms with Crippen LogP contribution >= 0.6 is 0 Å². The first-order chi connectivity index (χ1) is 8.69. The van der Waals surface area contributed by atoms with Gasteiger partial charge in [0.1, 0.15) is 0 Å². The maximum absolute atomic E-state index is 13.2. The topological polar surface area (TPSA) is 9.23 Å². The number of alkyl halides is 4. The molecular formula is C14H26F2IO-. The van der Waals surface area contributed by atoms with E-state index in [1.807, 2.05) is 0 Å². The Morgan fingerprint density at radius 2 is 2.06 bits per heavy atom. The van der Waals surface area contributed by atoms with E-state index in [0.717, 1.165) is 19.3 Å². The minimum atomic E-state index is -0.937. The molecule has 1 nitrogen and oxygen atoms in total. The van der Waals surface area contributed by atoms with Crippen molar-refractivity contribution in [2.45, 2.75) is 43.2 Å². The SMILES string of the molecule is C=C[C@@H](F)C[I-][C@@H](COCCC)[C@@H](CF)CCC. The molecule has 0 aromatic heterocycles. The zero-order chi connectivity index (χ0) is 13.8. The summed E-state index contributed by atoms with van der Waals surface area (Å²) in [7, 11) is 0. The number of halogens is 3. The van der Waals surface area contributed by atoms with Crippen LogP contribution in [0.25, 0.3) is 0 Å². The number of hydrogen-bond donors (Lipinski definition) is 0. The van der Waals surface area contributed by atoms with Crippen LogP contribution in [0, 0.1) is 5.92 Å². The van der Waals surface area contributed by atoms with E-state index in [4.69, 9.17) is 4.74 Å². The molecule has 0 spiro atoms. The van der Waals surface area contributed by atoms with Crippen LogP contribution in [0.15, 0.2) is 12.7 Å². The summed E-state index contributed by atoms with van der Waals surface area (Å²) in [6.45, 7) is 8.57. The Balaban J connectivity index is 4.24. The molecule has 0 aliphatic carbocycles. The van der Waals surface area contributed by atoms with Crippen molar-refractivity contribution >= 4 is 0 Å². The van der Waals surface area contributed by atoms with Crippen molar-refractivity contribution in [1.82, 2.24) is 0 Å². The van der Waals surface area contributed by atoms with Crippen molar-refractivity contribution in [3.05, 3.63) is 12.7 Å². The van der Waals surface area contributed by atoms with E-state index in [0.29, 0.717) is 17.6 Å². The number of ether oxygens (including phenoxy) is 1. The summed E-state index contributed by atoms with van der Waals surface area (Å²) in [5.41, 5.74) is 0. The van der Waals surface area contributed by atoms with Gasteiger partial charge < -0.3 is 0 Å². The van der Waals surface area contributed by atoms with Gasteiger partial charge in [-0.1, -0.05) is 0 Å². The molecule has 0 amide bonds. The van der Waals surface area contributed by atoms with E-state index in [1.165, 1.54) is 6.08 Å². The average molecular weight is 375 g/mol. The van der Waals surface area contributed by atoms with Crippen LogP contribution in [-0.4, -0.2) is 34.4 Å². The summed E-state index contributed by atoms with van der Waals surface area (Å²) in [6.07, 6.45) is 3.23. The Bertz CT molecular complexity index is 202. The van der Waals surface area contributed by atoms with E-state index in [1.54, 1.807) is 0 Å². The predicted molar refractivity (Wildman–Crippen MR) is 69.2 cm³/mol. The van der Waals surface area contributed by atoms with Crippen LogP contribution in [-0.2, 0) is 4.74 Å². The monoisotopic (exact) mass is 375 g/mol. The number of rotatable bonds is 12. The maximum atomic E-state index is 13.2. The van der Waals surface area contributed by atoms with Gasteiger partial charge in [-0.05, 0) is 0 Å². The third-order valence-electron chi connectivity index (χ3n) is 2.69. The van der Waals surface area contributed by atoms with Gasteiger partial charge in [-0.3, -0.25) is 0 Å². The van der Waals surface area contributed by atoms with Crippen LogP contribution in [0.3, 0.4) is 0 Å². The molecule has 0 saturated carbocycles. The molecule has 0 N–H and O–H groups in total. The van der Waals surface area contributed by atoms with Gasteiger partial charge in [0.2, 0.25) is 0 Å². The molecule has 3 atom stereocenters. The molecule has 0 unspecified atom stereocenters. The van der Waals surface area contributed by atoms with Gasteiger partial charge in [0, 0.05) is 0 Å². The molecule has 0 heterocycles. The van der Waals surface area contributed by atoms with Crippen molar-refractivity contribution in [2.24, 2.45) is 5.92 Å². The van der Waals surface area contributed by atoms with Crippen LogP contribution in [0.1, 0.15) is 33.1 Å². The summed E-state index contributed by atoms with van der Waals surface area (Å²) < 4.78 is 32.6. The van der Waals surface area contributed by atoms with E-state index in [-0.39, 0.29) is 37.7 Å². The van der Waals surface area contributed by atoms with E-state index in [2.05, 4.69) is 20.4 Å². The second-order valence-electron chi connectivity index (χ2n) is 4.35. The summed E-state index contributed by atoms with van der Waals surface area (Å²) in [4.78, 5) is 0. The molecule has 4 heteroatoms. The fourth-order valence-corrected chi connectivity index (χ4v) is 4.91. The molecule has 0 saturated heterocycles. The standard InChI is InChI=1S/C14H26F2IO/c1-4-7-12(9-15)14(11-18-8-5-2)17-10-13(16)6-3/h6,12-14H,3-5,7-11H2,1-2H3/q-1/t12-,13-,14+/m1/s1. The van der Waals surface area contributed by atoms with Crippen molar-refractivity contribution < 1.29 is 34.7 Å². The normalized spacial score (nSPS) is 16.4. The molecule has 0 aliphatic heterocycles. The Morgan fingerprint density at radius 3 is 2.56 bits per heavy atom.